The van der Waals surface area contributed by atoms with E-state index in [9.17, 15) is 0 Å². The van der Waals surface area contributed by atoms with Crippen LogP contribution in [-0.2, 0) is 0 Å². The summed E-state index contributed by atoms with van der Waals surface area (Å²) >= 11 is 0. The van der Waals surface area contributed by atoms with Gasteiger partial charge in [0.05, 0.1) is 0 Å². The number of aromatic nitrogens is 4. The Morgan fingerprint density at radius 3 is 2.19 bits per heavy atom. The molecule has 0 saturated heterocycles. The Morgan fingerprint density at radius 1 is 1.00 bits per heavy atom. The summed E-state index contributed by atoms with van der Waals surface area (Å²) in [5, 5.41) is 35.7. The van der Waals surface area contributed by atoms with Crippen LogP contribution in [-0.4, -0.2) is 40.5 Å². The van der Waals surface area contributed by atoms with Crippen molar-refractivity contribution in [3.8, 4) is 12.1 Å². The van der Waals surface area contributed by atoms with Crippen molar-refractivity contribution in [3.05, 3.63) is 35.7 Å². The standard InChI is InChI=1S/C13H12N8/c1-21(13-5-3-11(9-15)18-20-13)7-6-16-12-4-2-10(8-14)17-19-12/h2-5H,6-7H2,1H3,(H,16,19). The van der Waals surface area contributed by atoms with E-state index in [2.05, 4.69) is 25.7 Å². The van der Waals surface area contributed by atoms with Crippen LogP contribution in [0, 0.1) is 22.7 Å². The van der Waals surface area contributed by atoms with Gasteiger partial charge in [0.1, 0.15) is 18.0 Å². The van der Waals surface area contributed by atoms with E-state index in [0.29, 0.717) is 24.7 Å². The molecule has 0 aliphatic carbocycles. The van der Waals surface area contributed by atoms with Crippen LogP contribution in [0.2, 0.25) is 0 Å². The zero-order valence-corrected chi connectivity index (χ0v) is 11.4. The first kappa shape index (κ1) is 14.2. The summed E-state index contributed by atoms with van der Waals surface area (Å²) in [6.45, 7) is 1.29. The van der Waals surface area contributed by atoms with Gasteiger partial charge in [-0.15, -0.1) is 20.4 Å². The molecule has 2 aromatic rings. The lowest BCUT2D eigenvalue weighted by molar-refractivity contribution is 0.856. The predicted molar refractivity (Wildman–Crippen MR) is 75.3 cm³/mol. The van der Waals surface area contributed by atoms with Gasteiger partial charge in [0, 0.05) is 20.1 Å². The highest BCUT2D eigenvalue weighted by Gasteiger charge is 2.04. The Morgan fingerprint density at radius 2 is 1.67 bits per heavy atom. The molecular formula is C13H12N8. The Hall–Kier alpha value is -3.26. The van der Waals surface area contributed by atoms with Crippen molar-refractivity contribution in [3.63, 3.8) is 0 Å². The number of likely N-dealkylation sites (N-methyl/N-ethyl adjacent to an activating group) is 1. The first-order valence-corrected chi connectivity index (χ1v) is 6.15. The molecule has 8 nitrogen and oxygen atoms in total. The number of hydrogen-bond donors (Lipinski definition) is 1. The van der Waals surface area contributed by atoms with E-state index in [1.54, 1.807) is 24.3 Å². The van der Waals surface area contributed by atoms with Crippen LogP contribution in [0.5, 0.6) is 0 Å². The van der Waals surface area contributed by atoms with Crippen LogP contribution in [0.1, 0.15) is 11.4 Å². The van der Waals surface area contributed by atoms with Gasteiger partial charge in [-0.05, 0) is 24.3 Å². The molecule has 0 fully saturated rings. The Balaban J connectivity index is 1.84. The van der Waals surface area contributed by atoms with Gasteiger partial charge in [-0.2, -0.15) is 10.5 Å². The average Bonchev–Trinajstić information content (AvgIpc) is 2.55. The van der Waals surface area contributed by atoms with Crippen LogP contribution >= 0.6 is 0 Å². The molecule has 0 bridgehead atoms. The summed E-state index contributed by atoms with van der Waals surface area (Å²) in [4.78, 5) is 1.90. The second-order valence-corrected chi connectivity index (χ2v) is 4.15. The lowest BCUT2D eigenvalue weighted by atomic mass is 10.4. The summed E-state index contributed by atoms with van der Waals surface area (Å²) in [5.74, 6) is 1.29. The third kappa shape index (κ3) is 3.85. The third-order valence-corrected chi connectivity index (χ3v) is 2.69. The maximum Gasteiger partial charge on any atom is 0.163 e. The highest BCUT2D eigenvalue weighted by molar-refractivity contribution is 5.39. The molecule has 2 rings (SSSR count). The molecular weight excluding hydrogens is 268 g/mol. The minimum absolute atomic E-state index is 0.283. The lowest BCUT2D eigenvalue weighted by Crippen LogP contribution is -2.26. The van der Waals surface area contributed by atoms with Crippen LogP contribution < -0.4 is 10.2 Å². The maximum absolute atomic E-state index is 8.66. The fraction of sp³-hybridized carbons (Fsp3) is 0.231. The number of nitriles is 2. The van der Waals surface area contributed by atoms with Gasteiger partial charge >= 0.3 is 0 Å². The van der Waals surface area contributed by atoms with Gasteiger partial charge in [-0.1, -0.05) is 0 Å². The number of anilines is 2. The number of nitrogens with zero attached hydrogens (tertiary/aromatic N) is 7. The Labute approximate surface area is 121 Å². The quantitative estimate of drug-likeness (QED) is 0.844. The zero-order valence-electron chi connectivity index (χ0n) is 11.4. The second kappa shape index (κ2) is 6.78. The normalized spacial score (nSPS) is 9.48. The summed E-state index contributed by atoms with van der Waals surface area (Å²) in [6.07, 6.45) is 0. The molecule has 0 aromatic carbocycles. The molecule has 2 aromatic heterocycles. The van der Waals surface area contributed by atoms with Gasteiger partial charge in [0.15, 0.2) is 17.2 Å². The van der Waals surface area contributed by atoms with Crippen molar-refractivity contribution in [2.45, 2.75) is 0 Å². The second-order valence-electron chi connectivity index (χ2n) is 4.15. The number of hydrogen-bond acceptors (Lipinski definition) is 8. The smallest absolute Gasteiger partial charge is 0.163 e. The molecule has 0 saturated carbocycles. The Bertz CT molecular complexity index is 665. The summed E-state index contributed by atoms with van der Waals surface area (Å²) < 4.78 is 0. The highest BCUT2D eigenvalue weighted by Crippen LogP contribution is 2.07. The van der Waals surface area contributed by atoms with E-state index in [4.69, 9.17) is 10.5 Å². The van der Waals surface area contributed by atoms with Gasteiger partial charge < -0.3 is 10.2 Å². The molecule has 0 atom stereocenters. The van der Waals surface area contributed by atoms with Gasteiger partial charge in [-0.3, -0.25) is 0 Å². The summed E-state index contributed by atoms with van der Waals surface area (Å²) in [7, 11) is 1.88. The highest BCUT2D eigenvalue weighted by atomic mass is 15.3. The zero-order chi connectivity index (χ0) is 15.1. The molecule has 104 valence electrons. The molecule has 1 N–H and O–H groups in total. The van der Waals surface area contributed by atoms with Crippen molar-refractivity contribution < 1.29 is 0 Å². The first-order valence-electron chi connectivity index (χ1n) is 6.15. The van der Waals surface area contributed by atoms with Crippen molar-refractivity contribution >= 4 is 11.6 Å². The largest absolute Gasteiger partial charge is 0.367 e. The van der Waals surface area contributed by atoms with Gasteiger partial charge in [-0.25, -0.2) is 0 Å². The van der Waals surface area contributed by atoms with E-state index in [1.807, 2.05) is 24.1 Å². The SMILES string of the molecule is CN(CCNc1ccc(C#N)nn1)c1ccc(C#N)nn1. The molecule has 8 heteroatoms. The molecule has 0 unspecified atom stereocenters. The fourth-order valence-corrected chi connectivity index (χ4v) is 1.54. The first-order chi connectivity index (χ1) is 10.2. The number of rotatable bonds is 5. The minimum atomic E-state index is 0.283. The van der Waals surface area contributed by atoms with E-state index in [-0.39, 0.29) is 11.4 Å². The van der Waals surface area contributed by atoms with Crippen molar-refractivity contribution in [2.75, 3.05) is 30.4 Å². The summed E-state index contributed by atoms with van der Waals surface area (Å²) in [5.41, 5.74) is 0.573. The molecule has 0 spiro atoms. The molecule has 0 aliphatic rings. The van der Waals surface area contributed by atoms with Crippen LogP contribution in [0.4, 0.5) is 11.6 Å². The molecule has 0 amide bonds. The molecule has 0 aliphatic heterocycles. The average molecular weight is 280 g/mol. The predicted octanol–water partition coefficient (Wildman–Crippen LogP) is 0.558. The van der Waals surface area contributed by atoms with Crippen LogP contribution in [0.25, 0.3) is 0 Å². The van der Waals surface area contributed by atoms with Gasteiger partial charge in [0.25, 0.3) is 0 Å². The third-order valence-electron chi connectivity index (χ3n) is 2.69. The minimum Gasteiger partial charge on any atom is -0.367 e. The van der Waals surface area contributed by atoms with Crippen molar-refractivity contribution in [1.29, 1.82) is 10.5 Å². The van der Waals surface area contributed by atoms with Crippen molar-refractivity contribution in [1.82, 2.24) is 20.4 Å². The molecule has 21 heavy (non-hydrogen) atoms. The molecule has 2 heterocycles. The van der Waals surface area contributed by atoms with E-state index in [1.165, 1.54) is 0 Å². The van der Waals surface area contributed by atoms with E-state index < -0.39 is 0 Å². The van der Waals surface area contributed by atoms with Crippen molar-refractivity contribution in [2.24, 2.45) is 0 Å². The van der Waals surface area contributed by atoms with Crippen LogP contribution in [0.15, 0.2) is 24.3 Å². The van der Waals surface area contributed by atoms with E-state index >= 15 is 0 Å². The monoisotopic (exact) mass is 280 g/mol. The van der Waals surface area contributed by atoms with Gasteiger partial charge in [0.2, 0.25) is 0 Å². The summed E-state index contributed by atoms with van der Waals surface area (Å²) in [6, 6.07) is 10.5. The maximum atomic E-state index is 8.66. The topological polar surface area (TPSA) is 114 Å². The fourth-order valence-electron chi connectivity index (χ4n) is 1.54. The molecule has 0 radical (unpaired) electrons. The Kier molecular flexibility index (Phi) is 4.57. The lowest BCUT2D eigenvalue weighted by Gasteiger charge is -2.17. The van der Waals surface area contributed by atoms with Crippen LogP contribution in [0.3, 0.4) is 0 Å². The number of nitrogens with one attached hydrogen (secondary N) is 1. The van der Waals surface area contributed by atoms with E-state index in [0.717, 1.165) is 0 Å².